The standard InChI is InChI=1S/C21H25N3O4S/c1-3-13-23-18-10-5-6-11-19(18)24(21(23)26)14-12-20(25)22-16-8-7-9-17(15-16)29(27,28)4-2/h5-11,15H,3-4,12-14H2,1-2H3,(H,22,25). The first-order valence-corrected chi connectivity index (χ1v) is 11.3. The Morgan fingerprint density at radius 2 is 1.62 bits per heavy atom. The molecule has 0 aliphatic rings. The van der Waals surface area contributed by atoms with Crippen molar-refractivity contribution in [2.75, 3.05) is 11.1 Å². The van der Waals surface area contributed by atoms with E-state index in [4.69, 9.17) is 0 Å². The Morgan fingerprint density at radius 3 is 2.24 bits per heavy atom. The summed E-state index contributed by atoms with van der Waals surface area (Å²) in [6.45, 7) is 4.46. The van der Waals surface area contributed by atoms with E-state index in [9.17, 15) is 18.0 Å². The SMILES string of the molecule is CCCn1c(=O)n(CCC(=O)Nc2cccc(S(=O)(=O)CC)c2)c2ccccc21. The van der Waals surface area contributed by atoms with Crippen molar-refractivity contribution in [1.29, 1.82) is 0 Å². The van der Waals surface area contributed by atoms with E-state index in [0.29, 0.717) is 12.2 Å². The number of hydrogen-bond donors (Lipinski definition) is 1. The van der Waals surface area contributed by atoms with Gasteiger partial charge in [0.25, 0.3) is 0 Å². The highest BCUT2D eigenvalue weighted by Crippen LogP contribution is 2.17. The van der Waals surface area contributed by atoms with E-state index >= 15 is 0 Å². The van der Waals surface area contributed by atoms with Crippen LogP contribution in [-0.4, -0.2) is 29.2 Å². The van der Waals surface area contributed by atoms with Crippen molar-refractivity contribution in [3.63, 3.8) is 0 Å². The second-order valence-corrected chi connectivity index (χ2v) is 9.08. The topological polar surface area (TPSA) is 90.2 Å². The highest BCUT2D eigenvalue weighted by molar-refractivity contribution is 7.91. The first-order valence-electron chi connectivity index (χ1n) is 9.68. The van der Waals surface area contributed by atoms with Gasteiger partial charge < -0.3 is 5.32 Å². The van der Waals surface area contributed by atoms with E-state index < -0.39 is 9.84 Å². The number of aryl methyl sites for hydroxylation is 2. The van der Waals surface area contributed by atoms with Gasteiger partial charge in [0.15, 0.2) is 9.84 Å². The molecule has 1 heterocycles. The van der Waals surface area contributed by atoms with Crippen LogP contribution in [0.5, 0.6) is 0 Å². The molecule has 0 saturated heterocycles. The van der Waals surface area contributed by atoms with Crippen LogP contribution in [-0.2, 0) is 27.7 Å². The Kier molecular flexibility index (Phi) is 6.22. The fourth-order valence-corrected chi connectivity index (χ4v) is 4.22. The molecule has 0 spiro atoms. The van der Waals surface area contributed by atoms with Crippen LogP contribution in [0.4, 0.5) is 5.69 Å². The van der Waals surface area contributed by atoms with Crippen molar-refractivity contribution in [1.82, 2.24) is 9.13 Å². The molecule has 0 bridgehead atoms. The second-order valence-electron chi connectivity index (χ2n) is 6.80. The van der Waals surface area contributed by atoms with Gasteiger partial charge in [-0.25, -0.2) is 13.2 Å². The molecule has 0 aliphatic heterocycles. The lowest BCUT2D eigenvalue weighted by Gasteiger charge is -2.08. The fourth-order valence-electron chi connectivity index (χ4n) is 3.30. The predicted octanol–water partition coefficient (Wildman–Crippen LogP) is 3.04. The molecular weight excluding hydrogens is 390 g/mol. The van der Waals surface area contributed by atoms with Crippen molar-refractivity contribution in [3.8, 4) is 0 Å². The maximum Gasteiger partial charge on any atom is 0.329 e. The van der Waals surface area contributed by atoms with Crippen molar-refractivity contribution in [2.45, 2.75) is 44.7 Å². The molecule has 1 amide bonds. The minimum Gasteiger partial charge on any atom is -0.326 e. The highest BCUT2D eigenvalue weighted by atomic mass is 32.2. The predicted molar refractivity (Wildman–Crippen MR) is 114 cm³/mol. The van der Waals surface area contributed by atoms with E-state index in [1.54, 1.807) is 28.2 Å². The monoisotopic (exact) mass is 415 g/mol. The molecule has 29 heavy (non-hydrogen) atoms. The number of benzene rings is 2. The van der Waals surface area contributed by atoms with Crippen molar-refractivity contribution >= 4 is 32.5 Å². The number of nitrogens with zero attached hydrogens (tertiary/aromatic N) is 2. The third-order valence-electron chi connectivity index (χ3n) is 4.79. The van der Waals surface area contributed by atoms with E-state index in [1.807, 2.05) is 31.2 Å². The molecule has 8 heteroatoms. The number of aromatic nitrogens is 2. The number of fused-ring (bicyclic) bond motifs is 1. The van der Waals surface area contributed by atoms with Crippen LogP contribution in [0.3, 0.4) is 0 Å². The molecule has 2 aromatic carbocycles. The Bertz CT molecular complexity index is 1190. The number of hydrogen-bond acceptors (Lipinski definition) is 4. The number of sulfone groups is 1. The molecule has 0 saturated carbocycles. The number of nitrogens with one attached hydrogen (secondary N) is 1. The fraction of sp³-hybridized carbons (Fsp3) is 0.333. The Morgan fingerprint density at radius 1 is 0.966 bits per heavy atom. The van der Waals surface area contributed by atoms with Gasteiger partial charge in [-0.1, -0.05) is 32.0 Å². The first-order chi connectivity index (χ1) is 13.9. The number of amides is 1. The molecule has 1 aromatic heterocycles. The summed E-state index contributed by atoms with van der Waals surface area (Å²) in [4.78, 5) is 25.4. The molecule has 3 aromatic rings. The summed E-state index contributed by atoms with van der Waals surface area (Å²) in [5.41, 5.74) is 1.95. The van der Waals surface area contributed by atoms with Gasteiger partial charge in [0, 0.05) is 25.2 Å². The highest BCUT2D eigenvalue weighted by Gasteiger charge is 2.15. The molecule has 0 aliphatic carbocycles. The zero-order valence-electron chi connectivity index (χ0n) is 16.6. The minimum absolute atomic E-state index is 0.00482. The summed E-state index contributed by atoms with van der Waals surface area (Å²) in [6.07, 6.45) is 0.941. The van der Waals surface area contributed by atoms with E-state index in [1.165, 1.54) is 12.1 Å². The third-order valence-corrected chi connectivity index (χ3v) is 6.52. The summed E-state index contributed by atoms with van der Waals surface area (Å²) in [6, 6.07) is 13.7. The normalized spacial score (nSPS) is 11.7. The second kappa shape index (κ2) is 8.65. The van der Waals surface area contributed by atoms with Gasteiger partial charge in [0.2, 0.25) is 5.91 Å². The summed E-state index contributed by atoms with van der Waals surface area (Å²) < 4.78 is 27.4. The molecule has 0 radical (unpaired) electrons. The van der Waals surface area contributed by atoms with Crippen molar-refractivity contribution < 1.29 is 13.2 Å². The molecule has 0 fully saturated rings. The lowest BCUT2D eigenvalue weighted by molar-refractivity contribution is -0.116. The lowest BCUT2D eigenvalue weighted by Crippen LogP contribution is -2.26. The maximum atomic E-state index is 12.8. The van der Waals surface area contributed by atoms with E-state index in [0.717, 1.165) is 17.5 Å². The number of imidazole rings is 1. The number of carbonyl (C=O) groups is 1. The molecule has 0 atom stereocenters. The number of carbonyl (C=O) groups excluding carboxylic acids is 1. The third kappa shape index (κ3) is 4.42. The Hall–Kier alpha value is -2.87. The summed E-state index contributed by atoms with van der Waals surface area (Å²) in [7, 11) is -3.34. The van der Waals surface area contributed by atoms with Crippen LogP contribution < -0.4 is 11.0 Å². The van der Waals surface area contributed by atoms with Gasteiger partial charge in [-0.3, -0.25) is 13.9 Å². The zero-order valence-corrected chi connectivity index (χ0v) is 17.4. The van der Waals surface area contributed by atoms with Crippen LogP contribution in [0.2, 0.25) is 0 Å². The van der Waals surface area contributed by atoms with E-state index in [-0.39, 0.29) is 35.2 Å². The minimum atomic E-state index is -3.34. The molecule has 7 nitrogen and oxygen atoms in total. The van der Waals surface area contributed by atoms with Crippen LogP contribution in [0.25, 0.3) is 11.0 Å². The van der Waals surface area contributed by atoms with Gasteiger partial charge in [-0.15, -0.1) is 0 Å². The summed E-state index contributed by atoms with van der Waals surface area (Å²) >= 11 is 0. The average molecular weight is 416 g/mol. The number of anilines is 1. The van der Waals surface area contributed by atoms with Gasteiger partial charge >= 0.3 is 5.69 Å². The number of para-hydroxylation sites is 2. The zero-order chi connectivity index (χ0) is 21.0. The van der Waals surface area contributed by atoms with Crippen LogP contribution >= 0.6 is 0 Å². The molecule has 1 N–H and O–H groups in total. The van der Waals surface area contributed by atoms with Crippen molar-refractivity contribution in [3.05, 3.63) is 59.0 Å². The Balaban J connectivity index is 1.76. The van der Waals surface area contributed by atoms with E-state index in [2.05, 4.69) is 5.32 Å². The molecule has 3 rings (SSSR count). The van der Waals surface area contributed by atoms with Gasteiger partial charge in [-0.05, 0) is 36.8 Å². The average Bonchev–Trinajstić information content (AvgIpc) is 2.98. The largest absolute Gasteiger partial charge is 0.329 e. The van der Waals surface area contributed by atoms with Crippen molar-refractivity contribution in [2.24, 2.45) is 0 Å². The maximum absolute atomic E-state index is 12.8. The first kappa shape index (κ1) is 20.9. The van der Waals surface area contributed by atoms with Gasteiger partial charge in [0.1, 0.15) is 0 Å². The smallest absolute Gasteiger partial charge is 0.326 e. The molecule has 154 valence electrons. The lowest BCUT2D eigenvalue weighted by atomic mass is 10.3. The van der Waals surface area contributed by atoms with Crippen LogP contribution in [0.1, 0.15) is 26.7 Å². The van der Waals surface area contributed by atoms with Crippen LogP contribution in [0, 0.1) is 0 Å². The summed E-state index contributed by atoms with van der Waals surface area (Å²) in [5.74, 6) is -0.287. The van der Waals surface area contributed by atoms with Gasteiger partial charge in [-0.2, -0.15) is 0 Å². The molecular formula is C21H25N3O4S. The molecule has 0 unspecified atom stereocenters. The quantitative estimate of drug-likeness (QED) is 0.612. The Labute approximate surface area is 169 Å². The van der Waals surface area contributed by atoms with Crippen LogP contribution in [0.15, 0.2) is 58.2 Å². The van der Waals surface area contributed by atoms with Gasteiger partial charge in [0.05, 0.1) is 21.7 Å². The number of rotatable bonds is 8. The summed E-state index contributed by atoms with van der Waals surface area (Å²) in [5, 5.41) is 2.72.